The first-order valence-electron chi connectivity index (χ1n) is 8.69. The molecule has 2 rings (SSSR count). The van der Waals surface area contributed by atoms with Gasteiger partial charge in [0.1, 0.15) is 6.04 Å². The molecule has 0 bridgehead atoms. The summed E-state index contributed by atoms with van der Waals surface area (Å²) in [6.45, 7) is 4.95. The number of anilines is 1. The Hall–Kier alpha value is -1.83. The number of nitrogens with zero attached hydrogens (tertiary/aromatic N) is 1. The van der Waals surface area contributed by atoms with Gasteiger partial charge >= 0.3 is 5.97 Å². The third-order valence-corrected chi connectivity index (χ3v) is 4.77. The van der Waals surface area contributed by atoms with E-state index in [-0.39, 0.29) is 35.7 Å². The van der Waals surface area contributed by atoms with Gasteiger partial charge in [0, 0.05) is 13.1 Å². The standard InChI is InChI=1S/C18H23Cl2N3O4/c1-11(2)10-27-16(25)8-14-18(26)21-6-7-23(14)9-15(24)22-13-5-3-4-12(19)17(13)20/h3-5,11,14H,6-10H2,1-2H3,(H,21,26)(H,22,24). The number of carbonyl (C=O) groups excluding carboxylic acids is 3. The summed E-state index contributed by atoms with van der Waals surface area (Å²) < 4.78 is 5.15. The molecule has 0 aromatic heterocycles. The highest BCUT2D eigenvalue weighted by Gasteiger charge is 2.33. The van der Waals surface area contributed by atoms with Gasteiger partial charge < -0.3 is 15.4 Å². The topological polar surface area (TPSA) is 87.7 Å². The van der Waals surface area contributed by atoms with Crippen molar-refractivity contribution in [1.29, 1.82) is 0 Å². The summed E-state index contributed by atoms with van der Waals surface area (Å²) in [6.07, 6.45) is -0.107. The second kappa shape index (κ2) is 9.92. The molecule has 0 aliphatic carbocycles. The Labute approximate surface area is 168 Å². The summed E-state index contributed by atoms with van der Waals surface area (Å²) >= 11 is 12.0. The Morgan fingerprint density at radius 1 is 1.37 bits per heavy atom. The minimum Gasteiger partial charge on any atom is -0.465 e. The van der Waals surface area contributed by atoms with Crippen LogP contribution in [-0.2, 0) is 19.1 Å². The summed E-state index contributed by atoms with van der Waals surface area (Å²) in [5, 5.41) is 5.97. The molecule has 2 N–H and O–H groups in total. The van der Waals surface area contributed by atoms with Crippen LogP contribution in [0, 0.1) is 5.92 Å². The van der Waals surface area contributed by atoms with Crippen LogP contribution in [0.4, 0.5) is 5.69 Å². The molecule has 0 saturated carbocycles. The number of piperazine rings is 1. The Morgan fingerprint density at radius 2 is 2.11 bits per heavy atom. The van der Waals surface area contributed by atoms with E-state index in [0.717, 1.165) is 0 Å². The molecule has 148 valence electrons. The molecule has 1 aliphatic rings. The van der Waals surface area contributed by atoms with E-state index in [9.17, 15) is 14.4 Å². The fourth-order valence-electron chi connectivity index (χ4n) is 2.62. The first-order chi connectivity index (χ1) is 12.8. The summed E-state index contributed by atoms with van der Waals surface area (Å²) in [7, 11) is 0. The zero-order valence-electron chi connectivity index (χ0n) is 15.3. The van der Waals surface area contributed by atoms with Crippen LogP contribution in [0.15, 0.2) is 18.2 Å². The molecule has 0 radical (unpaired) electrons. The molecule has 1 aliphatic heterocycles. The Bertz CT molecular complexity index is 712. The van der Waals surface area contributed by atoms with Gasteiger partial charge in [-0.1, -0.05) is 43.1 Å². The number of ether oxygens (including phenoxy) is 1. The zero-order chi connectivity index (χ0) is 20.0. The highest BCUT2D eigenvalue weighted by Crippen LogP contribution is 2.29. The number of halogens is 2. The fourth-order valence-corrected chi connectivity index (χ4v) is 2.97. The average molecular weight is 416 g/mol. The molecule has 1 aromatic rings. The van der Waals surface area contributed by atoms with Crippen LogP contribution < -0.4 is 10.6 Å². The number of esters is 1. The van der Waals surface area contributed by atoms with Crippen molar-refractivity contribution in [2.45, 2.75) is 26.3 Å². The number of nitrogens with one attached hydrogen (secondary N) is 2. The maximum atomic E-state index is 12.4. The molecular weight excluding hydrogens is 393 g/mol. The molecule has 1 atom stereocenters. The van der Waals surface area contributed by atoms with E-state index in [1.165, 1.54) is 0 Å². The maximum Gasteiger partial charge on any atom is 0.307 e. The molecular formula is C18H23Cl2N3O4. The number of benzene rings is 1. The van der Waals surface area contributed by atoms with Crippen molar-refractivity contribution in [2.75, 3.05) is 31.6 Å². The number of amides is 2. The minimum atomic E-state index is -0.751. The van der Waals surface area contributed by atoms with Crippen molar-refractivity contribution in [3.05, 3.63) is 28.2 Å². The van der Waals surface area contributed by atoms with Gasteiger partial charge in [-0.25, -0.2) is 0 Å². The van der Waals surface area contributed by atoms with E-state index >= 15 is 0 Å². The number of rotatable bonds is 7. The number of hydrogen-bond donors (Lipinski definition) is 2. The molecule has 27 heavy (non-hydrogen) atoms. The highest BCUT2D eigenvalue weighted by atomic mass is 35.5. The van der Waals surface area contributed by atoms with Crippen molar-refractivity contribution in [2.24, 2.45) is 5.92 Å². The fraction of sp³-hybridized carbons (Fsp3) is 0.500. The quantitative estimate of drug-likeness (QED) is 0.667. The number of carbonyl (C=O) groups is 3. The predicted molar refractivity (Wildman–Crippen MR) is 104 cm³/mol. The molecule has 9 heteroatoms. The van der Waals surface area contributed by atoms with E-state index in [2.05, 4.69) is 10.6 Å². The second-order valence-electron chi connectivity index (χ2n) is 6.71. The van der Waals surface area contributed by atoms with Crippen molar-refractivity contribution in [1.82, 2.24) is 10.2 Å². The number of hydrogen-bond acceptors (Lipinski definition) is 5. The lowest BCUT2D eigenvalue weighted by molar-refractivity contribution is -0.149. The largest absolute Gasteiger partial charge is 0.465 e. The SMILES string of the molecule is CC(C)COC(=O)CC1C(=O)NCCN1CC(=O)Nc1cccc(Cl)c1Cl. The van der Waals surface area contributed by atoms with Gasteiger partial charge in [0.25, 0.3) is 0 Å². The van der Waals surface area contributed by atoms with Gasteiger partial charge in [0.15, 0.2) is 0 Å². The third kappa shape index (κ3) is 6.37. The zero-order valence-corrected chi connectivity index (χ0v) is 16.8. The third-order valence-electron chi connectivity index (χ3n) is 3.95. The maximum absolute atomic E-state index is 12.4. The van der Waals surface area contributed by atoms with Crippen LogP contribution >= 0.6 is 23.2 Å². The Balaban J connectivity index is 1.99. The monoisotopic (exact) mass is 415 g/mol. The van der Waals surface area contributed by atoms with Crippen molar-refractivity contribution in [3.8, 4) is 0 Å². The molecule has 7 nitrogen and oxygen atoms in total. The second-order valence-corrected chi connectivity index (χ2v) is 7.49. The van der Waals surface area contributed by atoms with Crippen LogP contribution in [0.5, 0.6) is 0 Å². The van der Waals surface area contributed by atoms with Crippen LogP contribution in [0.2, 0.25) is 10.0 Å². The highest BCUT2D eigenvalue weighted by molar-refractivity contribution is 6.44. The van der Waals surface area contributed by atoms with Gasteiger partial charge in [-0.15, -0.1) is 0 Å². The van der Waals surface area contributed by atoms with Crippen LogP contribution in [0.3, 0.4) is 0 Å². The summed E-state index contributed by atoms with van der Waals surface area (Å²) in [6, 6.07) is 4.17. The molecule has 1 aromatic carbocycles. The molecule has 1 saturated heterocycles. The van der Waals surface area contributed by atoms with Crippen molar-refractivity contribution in [3.63, 3.8) is 0 Å². The van der Waals surface area contributed by atoms with E-state index < -0.39 is 12.0 Å². The lowest BCUT2D eigenvalue weighted by Crippen LogP contribution is -2.57. The summed E-state index contributed by atoms with van der Waals surface area (Å²) in [5.41, 5.74) is 0.392. The van der Waals surface area contributed by atoms with E-state index in [4.69, 9.17) is 27.9 Å². The van der Waals surface area contributed by atoms with Crippen LogP contribution in [-0.4, -0.2) is 55.0 Å². The van der Waals surface area contributed by atoms with E-state index in [0.29, 0.717) is 30.4 Å². The van der Waals surface area contributed by atoms with Gasteiger partial charge in [0.2, 0.25) is 11.8 Å². The first-order valence-corrected chi connectivity index (χ1v) is 9.44. The molecule has 2 amide bonds. The average Bonchev–Trinajstić information content (AvgIpc) is 2.60. The van der Waals surface area contributed by atoms with E-state index in [1.54, 1.807) is 23.1 Å². The minimum absolute atomic E-state index is 0.0572. The van der Waals surface area contributed by atoms with Gasteiger partial charge in [0.05, 0.1) is 35.3 Å². The normalized spacial score (nSPS) is 17.5. The van der Waals surface area contributed by atoms with Gasteiger partial charge in [-0.3, -0.25) is 19.3 Å². The van der Waals surface area contributed by atoms with E-state index in [1.807, 2.05) is 13.8 Å². The molecule has 0 spiro atoms. The summed E-state index contributed by atoms with van der Waals surface area (Å²) in [4.78, 5) is 38.2. The van der Waals surface area contributed by atoms with Gasteiger partial charge in [-0.2, -0.15) is 0 Å². The smallest absolute Gasteiger partial charge is 0.307 e. The molecule has 1 unspecified atom stereocenters. The van der Waals surface area contributed by atoms with Crippen molar-refractivity contribution < 1.29 is 19.1 Å². The van der Waals surface area contributed by atoms with Gasteiger partial charge in [-0.05, 0) is 18.1 Å². The van der Waals surface area contributed by atoms with Crippen LogP contribution in [0.25, 0.3) is 0 Å². The molecule has 1 heterocycles. The Kier molecular flexibility index (Phi) is 7.89. The predicted octanol–water partition coefficient (Wildman–Crippen LogP) is 2.32. The first kappa shape index (κ1) is 21.5. The Morgan fingerprint density at radius 3 is 2.81 bits per heavy atom. The van der Waals surface area contributed by atoms with Crippen LogP contribution in [0.1, 0.15) is 20.3 Å². The lowest BCUT2D eigenvalue weighted by Gasteiger charge is -2.33. The summed E-state index contributed by atoms with van der Waals surface area (Å²) in [5.74, 6) is -0.904. The van der Waals surface area contributed by atoms with Crippen molar-refractivity contribution >= 4 is 46.7 Å². The molecule has 1 fully saturated rings. The lowest BCUT2D eigenvalue weighted by atomic mass is 10.1.